The normalized spacial score (nSPS) is 15.3. The highest BCUT2D eigenvalue weighted by Crippen LogP contribution is 2.37. The van der Waals surface area contributed by atoms with Gasteiger partial charge >= 0.3 is 0 Å². The summed E-state index contributed by atoms with van der Waals surface area (Å²) in [6, 6.07) is 8.02. The summed E-state index contributed by atoms with van der Waals surface area (Å²) in [5.41, 5.74) is 3.48. The molecule has 1 saturated heterocycles. The fourth-order valence-corrected chi connectivity index (χ4v) is 3.47. The van der Waals surface area contributed by atoms with E-state index in [1.807, 2.05) is 0 Å². The molecule has 1 aliphatic heterocycles. The number of carbonyl (C=O) groups excluding carboxylic acids is 2. The first kappa shape index (κ1) is 19.5. The Morgan fingerprint density at radius 1 is 1.07 bits per heavy atom. The number of benzene rings is 2. The summed E-state index contributed by atoms with van der Waals surface area (Å²) in [5, 5.41) is 1.74. The van der Waals surface area contributed by atoms with Crippen molar-refractivity contribution in [2.75, 3.05) is 19.2 Å². The SMILES string of the molecule is COc1cc(/C=C2\C(=O)NN(c3ccc(Cl)c(Cl)c3)C2=O)cc(Br)c1OC. The number of nitrogens with zero attached hydrogens (tertiary/aromatic N) is 1. The molecule has 2 aromatic rings. The number of hydrazine groups is 1. The number of hydrogen-bond acceptors (Lipinski definition) is 4. The van der Waals surface area contributed by atoms with Gasteiger partial charge in [-0.1, -0.05) is 23.2 Å². The van der Waals surface area contributed by atoms with Gasteiger partial charge < -0.3 is 9.47 Å². The summed E-state index contributed by atoms with van der Waals surface area (Å²) >= 11 is 15.3. The maximum absolute atomic E-state index is 12.7. The minimum atomic E-state index is -0.531. The van der Waals surface area contributed by atoms with Crippen molar-refractivity contribution >= 4 is 62.7 Å². The van der Waals surface area contributed by atoms with Crippen LogP contribution in [0.2, 0.25) is 10.0 Å². The van der Waals surface area contributed by atoms with Gasteiger partial charge in [-0.05, 0) is 57.9 Å². The lowest BCUT2D eigenvalue weighted by molar-refractivity contribution is -0.117. The molecule has 0 aromatic heterocycles. The molecule has 1 fully saturated rings. The van der Waals surface area contributed by atoms with Crippen molar-refractivity contribution in [1.29, 1.82) is 0 Å². The van der Waals surface area contributed by atoms with Crippen molar-refractivity contribution in [2.45, 2.75) is 0 Å². The van der Waals surface area contributed by atoms with E-state index in [0.717, 1.165) is 5.01 Å². The van der Waals surface area contributed by atoms with E-state index in [-0.39, 0.29) is 10.6 Å². The quantitative estimate of drug-likeness (QED) is 0.535. The van der Waals surface area contributed by atoms with Crippen LogP contribution in [0.5, 0.6) is 11.5 Å². The molecule has 140 valence electrons. The second-order valence-corrected chi connectivity index (χ2v) is 7.14. The van der Waals surface area contributed by atoms with Gasteiger partial charge in [0, 0.05) is 0 Å². The average Bonchev–Trinajstić information content (AvgIpc) is 2.91. The van der Waals surface area contributed by atoms with Crippen molar-refractivity contribution < 1.29 is 19.1 Å². The first-order chi connectivity index (χ1) is 12.8. The van der Waals surface area contributed by atoms with E-state index in [4.69, 9.17) is 32.7 Å². The second kappa shape index (κ2) is 7.80. The Labute approximate surface area is 173 Å². The Morgan fingerprint density at radius 2 is 1.81 bits per heavy atom. The van der Waals surface area contributed by atoms with E-state index in [1.54, 1.807) is 24.3 Å². The van der Waals surface area contributed by atoms with E-state index < -0.39 is 11.8 Å². The van der Waals surface area contributed by atoms with Crippen LogP contribution in [0, 0.1) is 0 Å². The molecular weight excluding hydrogens is 459 g/mol. The zero-order valence-electron chi connectivity index (χ0n) is 14.2. The second-order valence-electron chi connectivity index (χ2n) is 5.48. The summed E-state index contributed by atoms with van der Waals surface area (Å²) in [6.07, 6.45) is 1.47. The molecule has 0 unspecified atom stereocenters. The number of methoxy groups -OCH3 is 2. The number of anilines is 1. The Kier molecular flexibility index (Phi) is 5.64. The molecule has 0 bridgehead atoms. The zero-order valence-corrected chi connectivity index (χ0v) is 17.3. The molecule has 0 saturated carbocycles. The number of amides is 2. The number of halogens is 3. The van der Waals surface area contributed by atoms with Crippen LogP contribution in [0.25, 0.3) is 6.08 Å². The maximum Gasteiger partial charge on any atom is 0.282 e. The van der Waals surface area contributed by atoms with Gasteiger partial charge in [-0.3, -0.25) is 15.0 Å². The topological polar surface area (TPSA) is 67.9 Å². The maximum atomic E-state index is 12.7. The Morgan fingerprint density at radius 3 is 2.44 bits per heavy atom. The highest BCUT2D eigenvalue weighted by atomic mass is 79.9. The van der Waals surface area contributed by atoms with E-state index >= 15 is 0 Å². The third-order valence-electron chi connectivity index (χ3n) is 3.82. The van der Waals surface area contributed by atoms with E-state index in [0.29, 0.717) is 32.2 Å². The van der Waals surface area contributed by atoms with Crippen LogP contribution < -0.4 is 19.9 Å². The highest BCUT2D eigenvalue weighted by Gasteiger charge is 2.34. The largest absolute Gasteiger partial charge is 0.493 e. The van der Waals surface area contributed by atoms with Crippen molar-refractivity contribution in [3.05, 3.63) is 56.0 Å². The van der Waals surface area contributed by atoms with Crippen molar-refractivity contribution in [1.82, 2.24) is 5.43 Å². The van der Waals surface area contributed by atoms with Gasteiger partial charge in [0.05, 0.1) is 34.4 Å². The summed E-state index contributed by atoms with van der Waals surface area (Å²) in [4.78, 5) is 25.0. The molecule has 1 heterocycles. The Balaban J connectivity index is 1.98. The molecule has 1 N–H and O–H groups in total. The Bertz CT molecular complexity index is 978. The van der Waals surface area contributed by atoms with Crippen molar-refractivity contribution in [3.8, 4) is 11.5 Å². The number of nitrogens with one attached hydrogen (secondary N) is 1. The molecule has 6 nitrogen and oxygen atoms in total. The summed E-state index contributed by atoms with van der Waals surface area (Å²) in [7, 11) is 3.02. The summed E-state index contributed by atoms with van der Waals surface area (Å²) in [5.74, 6) is -0.0634. The first-order valence-corrected chi connectivity index (χ1v) is 9.14. The summed E-state index contributed by atoms with van der Waals surface area (Å²) < 4.78 is 11.2. The Hall–Kier alpha value is -2.22. The van der Waals surface area contributed by atoms with Gasteiger partial charge in [0.15, 0.2) is 11.5 Å². The highest BCUT2D eigenvalue weighted by molar-refractivity contribution is 9.10. The number of carbonyl (C=O) groups is 2. The molecule has 9 heteroatoms. The molecular formula is C18H13BrCl2N2O4. The van der Waals surface area contributed by atoms with Crippen LogP contribution in [0.4, 0.5) is 5.69 Å². The monoisotopic (exact) mass is 470 g/mol. The van der Waals surface area contributed by atoms with Crippen LogP contribution in [0.15, 0.2) is 40.4 Å². The standard InChI is InChI=1S/C18H13BrCl2N2O4/c1-26-15-7-9(6-12(19)16(15)27-2)5-11-17(24)22-23(18(11)25)10-3-4-13(20)14(21)8-10/h3-8H,1-2H3,(H,22,24)/b11-5+. The lowest BCUT2D eigenvalue weighted by atomic mass is 10.1. The zero-order chi connectivity index (χ0) is 19.7. The molecule has 0 aliphatic carbocycles. The third kappa shape index (κ3) is 3.76. The fraction of sp³-hybridized carbons (Fsp3) is 0.111. The smallest absolute Gasteiger partial charge is 0.282 e. The lowest BCUT2D eigenvalue weighted by Gasteiger charge is -2.15. The predicted molar refractivity (Wildman–Crippen MR) is 107 cm³/mol. The summed E-state index contributed by atoms with van der Waals surface area (Å²) in [6.45, 7) is 0. The molecule has 0 spiro atoms. The minimum Gasteiger partial charge on any atom is -0.493 e. The van der Waals surface area contributed by atoms with Gasteiger partial charge in [-0.25, -0.2) is 5.01 Å². The predicted octanol–water partition coefficient (Wildman–Crippen LogP) is 4.23. The minimum absolute atomic E-state index is 0.0276. The van der Waals surface area contributed by atoms with Crippen molar-refractivity contribution in [2.24, 2.45) is 0 Å². The first-order valence-electron chi connectivity index (χ1n) is 7.59. The third-order valence-corrected chi connectivity index (χ3v) is 5.15. The molecule has 0 radical (unpaired) electrons. The van der Waals surface area contributed by atoms with Crippen LogP contribution in [0.1, 0.15) is 5.56 Å². The molecule has 3 rings (SSSR count). The molecule has 1 aliphatic rings. The van der Waals surface area contributed by atoms with Gasteiger partial charge in [0.25, 0.3) is 11.8 Å². The van der Waals surface area contributed by atoms with E-state index in [2.05, 4.69) is 21.4 Å². The molecule has 2 aromatic carbocycles. The average molecular weight is 472 g/mol. The number of hydrogen-bond donors (Lipinski definition) is 1. The van der Waals surface area contributed by atoms with Gasteiger partial charge in [0.1, 0.15) is 5.57 Å². The molecule has 0 atom stereocenters. The van der Waals surface area contributed by atoms with Crippen LogP contribution in [-0.2, 0) is 9.59 Å². The van der Waals surface area contributed by atoms with Gasteiger partial charge in [-0.15, -0.1) is 0 Å². The lowest BCUT2D eigenvalue weighted by Crippen LogP contribution is -2.35. The number of ether oxygens (including phenoxy) is 2. The van der Waals surface area contributed by atoms with Gasteiger partial charge in [-0.2, -0.15) is 0 Å². The van der Waals surface area contributed by atoms with Crippen molar-refractivity contribution in [3.63, 3.8) is 0 Å². The number of rotatable bonds is 4. The van der Waals surface area contributed by atoms with Gasteiger partial charge in [0.2, 0.25) is 0 Å². The van der Waals surface area contributed by atoms with E-state index in [1.165, 1.54) is 26.4 Å². The van der Waals surface area contributed by atoms with Crippen LogP contribution in [-0.4, -0.2) is 26.0 Å². The van der Waals surface area contributed by atoms with E-state index in [9.17, 15) is 9.59 Å². The van der Waals surface area contributed by atoms with Crippen LogP contribution >= 0.6 is 39.1 Å². The molecule has 27 heavy (non-hydrogen) atoms. The van der Waals surface area contributed by atoms with Crippen LogP contribution in [0.3, 0.4) is 0 Å². The molecule has 2 amide bonds. The fourth-order valence-electron chi connectivity index (χ4n) is 2.55.